The van der Waals surface area contributed by atoms with Gasteiger partial charge in [0.15, 0.2) is 0 Å². The maximum atomic E-state index is 12.9. The molecule has 1 unspecified atom stereocenters. The highest BCUT2D eigenvalue weighted by atomic mass is 16.5. The van der Waals surface area contributed by atoms with Crippen molar-refractivity contribution in [2.24, 2.45) is 5.92 Å². The average Bonchev–Trinajstić information content (AvgIpc) is 2.85. The number of benzene rings is 1. The number of hydrogen-bond donors (Lipinski definition) is 0. The summed E-state index contributed by atoms with van der Waals surface area (Å²) >= 11 is 0. The summed E-state index contributed by atoms with van der Waals surface area (Å²) in [5, 5.41) is 4.15. The summed E-state index contributed by atoms with van der Waals surface area (Å²) in [5.41, 5.74) is -0.303. The van der Waals surface area contributed by atoms with Gasteiger partial charge in [0.25, 0.3) is 11.5 Å². The molecule has 0 radical (unpaired) electrons. The Morgan fingerprint density at radius 3 is 2.65 bits per heavy atom. The zero-order chi connectivity index (χ0) is 24.5. The Hall–Kier alpha value is -3.69. The van der Waals surface area contributed by atoms with E-state index < -0.39 is 5.91 Å². The molecule has 182 valence electrons. The van der Waals surface area contributed by atoms with Gasteiger partial charge in [-0.3, -0.25) is 19.2 Å². The van der Waals surface area contributed by atoms with Crippen LogP contribution < -0.4 is 10.3 Å². The molecule has 0 saturated carbocycles. The summed E-state index contributed by atoms with van der Waals surface area (Å²) in [6, 6.07) is 11.8. The molecule has 1 atom stereocenters. The molecule has 1 aliphatic rings. The fourth-order valence-corrected chi connectivity index (χ4v) is 3.72. The predicted molar refractivity (Wildman–Crippen MR) is 123 cm³/mol. The van der Waals surface area contributed by atoms with Crippen LogP contribution in [0.2, 0.25) is 0 Å². The van der Waals surface area contributed by atoms with Crippen molar-refractivity contribution < 1.29 is 23.9 Å². The zero-order valence-corrected chi connectivity index (χ0v) is 19.5. The van der Waals surface area contributed by atoms with Gasteiger partial charge in [-0.25, -0.2) is 4.68 Å². The quantitative estimate of drug-likeness (QED) is 0.506. The Morgan fingerprint density at radius 1 is 1.15 bits per heavy atom. The van der Waals surface area contributed by atoms with Gasteiger partial charge in [0, 0.05) is 26.2 Å². The van der Waals surface area contributed by atoms with Gasteiger partial charge in [0.1, 0.15) is 18.1 Å². The first-order chi connectivity index (χ1) is 16.4. The molecule has 2 heterocycles. The van der Waals surface area contributed by atoms with Crippen LogP contribution in [0.25, 0.3) is 0 Å². The summed E-state index contributed by atoms with van der Waals surface area (Å²) in [4.78, 5) is 52.6. The highest BCUT2D eigenvalue weighted by molar-refractivity contribution is 5.94. The molecule has 1 saturated heterocycles. The predicted octanol–water partition coefficient (Wildman–Crippen LogP) is 1.20. The van der Waals surface area contributed by atoms with E-state index in [9.17, 15) is 19.2 Å². The van der Waals surface area contributed by atoms with E-state index in [0.717, 1.165) is 0 Å². The molecule has 0 N–H and O–H groups in total. The van der Waals surface area contributed by atoms with Crippen LogP contribution in [0.15, 0.2) is 47.3 Å². The first-order valence-electron chi connectivity index (χ1n) is 11.3. The van der Waals surface area contributed by atoms with Gasteiger partial charge in [0.05, 0.1) is 25.6 Å². The van der Waals surface area contributed by atoms with E-state index in [-0.39, 0.29) is 55.3 Å². The van der Waals surface area contributed by atoms with Gasteiger partial charge < -0.3 is 19.3 Å². The number of hydrogen-bond acceptors (Lipinski definition) is 7. The van der Waals surface area contributed by atoms with Gasteiger partial charge in [-0.15, -0.1) is 0 Å². The summed E-state index contributed by atoms with van der Waals surface area (Å²) in [6.07, 6.45) is 1.38. The summed E-state index contributed by atoms with van der Waals surface area (Å²) in [6.45, 7) is 3.07. The minimum atomic E-state index is -0.481. The number of rotatable bonds is 9. The van der Waals surface area contributed by atoms with Crippen LogP contribution in [0.4, 0.5) is 0 Å². The highest BCUT2D eigenvalue weighted by Crippen LogP contribution is 2.18. The number of piperidine rings is 1. The number of nitrogens with zero attached hydrogens (tertiary/aromatic N) is 4. The van der Waals surface area contributed by atoms with Gasteiger partial charge in [-0.1, -0.05) is 18.2 Å². The van der Waals surface area contributed by atoms with E-state index in [4.69, 9.17) is 9.47 Å². The number of para-hydroxylation sites is 1. The Labute approximate surface area is 198 Å². The number of aromatic nitrogens is 2. The van der Waals surface area contributed by atoms with Gasteiger partial charge in [-0.2, -0.15) is 5.10 Å². The standard InChI is InChI=1S/C24H30N4O6/c1-3-33-24(32)18-8-7-13-27(16-18)22(30)17-26(2)23(31)20-11-12-21(29)28(25-20)14-15-34-19-9-5-4-6-10-19/h4-6,9-12,18H,3,7-8,13-17H2,1-2H3. The minimum absolute atomic E-state index is 0.0534. The van der Waals surface area contributed by atoms with Crippen LogP contribution in [-0.4, -0.2) is 77.3 Å². The molecule has 10 heteroatoms. The molecule has 10 nitrogen and oxygen atoms in total. The van der Waals surface area contributed by atoms with E-state index in [1.165, 1.54) is 28.8 Å². The fourth-order valence-electron chi connectivity index (χ4n) is 3.72. The van der Waals surface area contributed by atoms with Crippen molar-refractivity contribution in [2.45, 2.75) is 26.3 Å². The summed E-state index contributed by atoms with van der Waals surface area (Å²) in [5.74, 6) is -0.711. The van der Waals surface area contributed by atoms with Crippen molar-refractivity contribution in [1.82, 2.24) is 19.6 Å². The lowest BCUT2D eigenvalue weighted by atomic mass is 9.98. The third-order valence-corrected chi connectivity index (χ3v) is 5.51. The minimum Gasteiger partial charge on any atom is -0.492 e. The van der Waals surface area contributed by atoms with Crippen molar-refractivity contribution in [2.75, 3.05) is 39.9 Å². The van der Waals surface area contributed by atoms with E-state index in [0.29, 0.717) is 31.7 Å². The first kappa shape index (κ1) is 24.9. The van der Waals surface area contributed by atoms with E-state index in [2.05, 4.69) is 5.10 Å². The third kappa shape index (κ3) is 6.66. The van der Waals surface area contributed by atoms with Crippen molar-refractivity contribution in [1.29, 1.82) is 0 Å². The molecule has 0 bridgehead atoms. The largest absolute Gasteiger partial charge is 0.492 e. The van der Waals surface area contributed by atoms with Gasteiger partial charge >= 0.3 is 5.97 Å². The van der Waals surface area contributed by atoms with Crippen molar-refractivity contribution in [3.8, 4) is 5.75 Å². The zero-order valence-electron chi connectivity index (χ0n) is 19.5. The average molecular weight is 471 g/mol. The summed E-state index contributed by atoms with van der Waals surface area (Å²) in [7, 11) is 1.50. The van der Waals surface area contributed by atoms with Crippen LogP contribution >= 0.6 is 0 Å². The molecular formula is C24H30N4O6. The Morgan fingerprint density at radius 2 is 1.91 bits per heavy atom. The lowest BCUT2D eigenvalue weighted by molar-refractivity contribution is -0.151. The number of carbonyl (C=O) groups excluding carboxylic acids is 3. The van der Waals surface area contributed by atoms with E-state index >= 15 is 0 Å². The summed E-state index contributed by atoms with van der Waals surface area (Å²) < 4.78 is 11.8. The molecule has 1 aromatic carbocycles. The van der Waals surface area contributed by atoms with E-state index in [1.807, 2.05) is 18.2 Å². The van der Waals surface area contributed by atoms with Gasteiger partial charge in [-0.05, 0) is 38.0 Å². The molecule has 2 aromatic rings. The number of ether oxygens (including phenoxy) is 2. The fraction of sp³-hybridized carbons (Fsp3) is 0.458. The van der Waals surface area contributed by atoms with Crippen molar-refractivity contribution >= 4 is 17.8 Å². The Bertz CT molecular complexity index is 1050. The van der Waals surface area contributed by atoms with E-state index in [1.54, 1.807) is 24.0 Å². The monoisotopic (exact) mass is 470 g/mol. The van der Waals surface area contributed by atoms with Crippen LogP contribution in [0, 0.1) is 5.92 Å². The molecule has 2 amide bonds. The second kappa shape index (κ2) is 12.0. The topological polar surface area (TPSA) is 111 Å². The molecule has 1 fully saturated rings. The molecule has 1 aromatic heterocycles. The maximum absolute atomic E-state index is 12.9. The molecular weight excluding hydrogens is 440 g/mol. The normalized spacial score (nSPS) is 15.5. The number of esters is 1. The SMILES string of the molecule is CCOC(=O)C1CCCN(C(=O)CN(C)C(=O)c2ccc(=O)n(CCOc3ccccc3)n2)C1. The molecule has 3 rings (SSSR count). The van der Waals surface area contributed by atoms with Crippen LogP contribution in [0.1, 0.15) is 30.3 Å². The lowest BCUT2D eigenvalue weighted by Gasteiger charge is -2.32. The second-order valence-corrected chi connectivity index (χ2v) is 8.03. The number of carbonyl (C=O) groups is 3. The Balaban J connectivity index is 1.57. The molecule has 34 heavy (non-hydrogen) atoms. The number of amides is 2. The molecule has 1 aliphatic heterocycles. The maximum Gasteiger partial charge on any atom is 0.310 e. The van der Waals surface area contributed by atoms with Crippen LogP contribution in [-0.2, 0) is 20.9 Å². The first-order valence-corrected chi connectivity index (χ1v) is 11.3. The Kier molecular flexibility index (Phi) is 8.78. The smallest absolute Gasteiger partial charge is 0.310 e. The van der Waals surface area contributed by atoms with Crippen LogP contribution in [0.5, 0.6) is 5.75 Å². The third-order valence-electron chi connectivity index (χ3n) is 5.51. The van der Waals surface area contributed by atoms with Crippen LogP contribution in [0.3, 0.4) is 0 Å². The number of likely N-dealkylation sites (N-methyl/N-ethyl adjacent to an activating group) is 1. The van der Waals surface area contributed by atoms with Crippen molar-refractivity contribution in [3.63, 3.8) is 0 Å². The number of likely N-dealkylation sites (tertiary alicyclic amines) is 1. The highest BCUT2D eigenvalue weighted by Gasteiger charge is 2.30. The van der Waals surface area contributed by atoms with Crippen molar-refractivity contribution in [3.05, 3.63) is 58.5 Å². The second-order valence-electron chi connectivity index (χ2n) is 8.03. The molecule has 0 spiro atoms. The lowest BCUT2D eigenvalue weighted by Crippen LogP contribution is -2.47. The van der Waals surface area contributed by atoms with Gasteiger partial charge in [0.2, 0.25) is 5.91 Å². The molecule has 0 aliphatic carbocycles.